The van der Waals surface area contributed by atoms with E-state index in [-0.39, 0.29) is 99.8 Å². The van der Waals surface area contributed by atoms with Crippen molar-refractivity contribution in [2.75, 3.05) is 0 Å². The van der Waals surface area contributed by atoms with Gasteiger partial charge in [0.15, 0.2) is 0 Å². The SMILES string of the molecule is O=S(=O)(O)O.O=S(=O)([O-])O.O=S(=O)([O-])[O-].[K+].[Li+].[Na+]. The molecule has 18 heteroatoms. The van der Waals surface area contributed by atoms with E-state index in [0.29, 0.717) is 0 Å². The molecule has 0 bridgehead atoms. The van der Waals surface area contributed by atoms with Gasteiger partial charge in [0.25, 0.3) is 0 Å². The first-order valence-corrected chi connectivity index (χ1v) is 6.14. The summed E-state index contributed by atoms with van der Waals surface area (Å²) in [6.07, 6.45) is 0. The minimum atomic E-state index is -5.17. The summed E-state index contributed by atoms with van der Waals surface area (Å²) in [5.74, 6) is 0. The third kappa shape index (κ3) is 742. The van der Waals surface area contributed by atoms with E-state index in [0.717, 1.165) is 0 Å². The number of hydrogen-bond acceptors (Lipinski definition) is 9. The van der Waals surface area contributed by atoms with Crippen LogP contribution in [0.2, 0.25) is 0 Å². The van der Waals surface area contributed by atoms with Gasteiger partial charge in [-0.25, -0.2) is 8.42 Å². The van der Waals surface area contributed by atoms with Gasteiger partial charge >= 0.3 is 110 Å². The van der Waals surface area contributed by atoms with Gasteiger partial charge in [-0.15, -0.1) is 0 Å². The minimum absolute atomic E-state index is 0. The van der Waals surface area contributed by atoms with Gasteiger partial charge in [0.1, 0.15) is 0 Å². The van der Waals surface area contributed by atoms with Crippen LogP contribution in [0.1, 0.15) is 0 Å². The monoisotopic (exact) mass is 360 g/mol. The predicted octanol–water partition coefficient (Wildman–Crippen LogP) is -12.0. The van der Waals surface area contributed by atoms with E-state index in [1.807, 2.05) is 0 Å². The summed E-state index contributed by atoms with van der Waals surface area (Å²) in [5, 5.41) is 0. The summed E-state index contributed by atoms with van der Waals surface area (Å²) in [6, 6.07) is 0. The zero-order valence-corrected chi connectivity index (χ0v) is 16.8. The summed E-state index contributed by atoms with van der Waals surface area (Å²) in [5.41, 5.74) is 0. The van der Waals surface area contributed by atoms with Crippen LogP contribution in [-0.2, 0) is 31.2 Å². The van der Waals surface area contributed by atoms with Gasteiger partial charge in [-0.05, 0) is 0 Å². The van der Waals surface area contributed by atoms with E-state index in [2.05, 4.69) is 0 Å². The zero-order chi connectivity index (χ0) is 13.5. The molecule has 0 heterocycles. The summed E-state index contributed by atoms with van der Waals surface area (Å²) < 4.78 is 98.5. The van der Waals surface area contributed by atoms with Crippen molar-refractivity contribution in [2.45, 2.75) is 0 Å². The molecule has 18 heavy (non-hydrogen) atoms. The molecule has 0 fully saturated rings. The molecule has 0 aliphatic carbocycles. The standard InChI is InChI=1S/K.Li.Na.3H2O4S/c;;;3*1-5(2,3)4/h;;;3*(H2,1,2,3,4)/q3*+1;;;/p-3. The molecule has 0 saturated heterocycles. The summed E-state index contributed by atoms with van der Waals surface area (Å²) in [6.45, 7) is 0. The molecule has 0 amide bonds. The quantitative estimate of drug-likeness (QED) is 0.207. The maximum atomic E-state index is 8.74. The van der Waals surface area contributed by atoms with E-state index in [9.17, 15) is 0 Å². The Morgan fingerprint density at radius 3 is 0.722 bits per heavy atom. The van der Waals surface area contributed by atoms with Crippen molar-refractivity contribution in [3.8, 4) is 0 Å². The van der Waals surface area contributed by atoms with Crippen molar-refractivity contribution in [3.63, 3.8) is 0 Å². The van der Waals surface area contributed by atoms with Crippen molar-refractivity contribution < 1.29 is 152 Å². The molecule has 0 saturated carbocycles. The van der Waals surface area contributed by atoms with Gasteiger partial charge < -0.3 is 13.7 Å². The zero-order valence-electron chi connectivity index (χ0n) is 9.24. The molecular weight excluding hydrogens is 357 g/mol. The summed E-state index contributed by atoms with van der Waals surface area (Å²) >= 11 is 0. The predicted molar refractivity (Wildman–Crippen MR) is 37.0 cm³/mol. The topological polar surface area (TPSA) is 232 Å². The van der Waals surface area contributed by atoms with E-state index >= 15 is 0 Å². The Kier molecular flexibility index (Phi) is 33.6. The molecule has 0 aromatic heterocycles. The van der Waals surface area contributed by atoms with Gasteiger partial charge in [0.05, 0.1) is 0 Å². The molecule has 0 aromatic rings. The smallest absolute Gasteiger partial charge is 0.759 e. The molecule has 0 unspecified atom stereocenters. The van der Waals surface area contributed by atoms with E-state index in [4.69, 9.17) is 52.6 Å². The van der Waals surface area contributed by atoms with Crippen molar-refractivity contribution >= 4 is 31.2 Å². The maximum Gasteiger partial charge on any atom is 1.00 e. The van der Waals surface area contributed by atoms with Crippen LogP contribution < -0.4 is 99.8 Å². The normalized spacial score (nSPS) is 9.67. The molecule has 96 valence electrons. The molecule has 0 radical (unpaired) electrons. The summed E-state index contributed by atoms with van der Waals surface area (Å²) in [4.78, 5) is 0. The fraction of sp³-hybridized carbons (Fsp3) is 0. The first-order chi connectivity index (χ1) is 6.00. The van der Waals surface area contributed by atoms with Crippen LogP contribution in [0, 0.1) is 0 Å². The van der Waals surface area contributed by atoms with Crippen LogP contribution >= 0.6 is 0 Å². The van der Waals surface area contributed by atoms with Crippen LogP contribution in [-0.4, -0.2) is 52.6 Å². The second-order valence-electron chi connectivity index (χ2n) is 1.28. The maximum absolute atomic E-state index is 8.74. The van der Waals surface area contributed by atoms with Gasteiger partial charge in [-0.1, -0.05) is 0 Å². The molecule has 0 spiro atoms. The van der Waals surface area contributed by atoms with Gasteiger partial charge in [-0.3, -0.25) is 22.1 Å². The Morgan fingerprint density at radius 2 is 0.722 bits per heavy atom. The average molecular weight is 360 g/mol. The van der Waals surface area contributed by atoms with Crippen LogP contribution in [0.25, 0.3) is 0 Å². The van der Waals surface area contributed by atoms with Crippen LogP contribution in [0.5, 0.6) is 0 Å². The molecule has 3 N–H and O–H groups in total. The summed E-state index contributed by atoms with van der Waals surface area (Å²) in [7, 11) is -14.7. The van der Waals surface area contributed by atoms with Gasteiger partial charge in [0.2, 0.25) is 10.4 Å². The third-order valence-electron chi connectivity index (χ3n) is 0. The third-order valence-corrected chi connectivity index (χ3v) is 0. The van der Waals surface area contributed by atoms with E-state index in [1.54, 1.807) is 0 Å². The number of hydrogen-bond donors (Lipinski definition) is 3. The molecule has 0 aromatic carbocycles. The van der Waals surface area contributed by atoms with Crippen molar-refractivity contribution in [1.82, 2.24) is 0 Å². The first-order valence-electron chi connectivity index (χ1n) is 2.05. The largest absolute Gasteiger partial charge is 1.00 e. The fourth-order valence-corrected chi connectivity index (χ4v) is 0. The molecule has 0 rings (SSSR count). The number of rotatable bonds is 0. The van der Waals surface area contributed by atoms with Crippen molar-refractivity contribution in [3.05, 3.63) is 0 Å². The van der Waals surface area contributed by atoms with Crippen LogP contribution in [0.4, 0.5) is 0 Å². The fourth-order valence-electron chi connectivity index (χ4n) is 0. The van der Waals surface area contributed by atoms with Crippen molar-refractivity contribution in [1.29, 1.82) is 0 Å². The Balaban J connectivity index is -0.0000000277. The Labute approximate surface area is 180 Å². The van der Waals surface area contributed by atoms with Gasteiger partial charge in [-0.2, -0.15) is 8.42 Å². The van der Waals surface area contributed by atoms with Gasteiger partial charge in [0, 0.05) is 10.4 Å². The Bertz CT molecular complexity index is 348. The molecular formula is H3KLiNaO12S3. The molecule has 0 aliphatic rings. The second kappa shape index (κ2) is 16.2. The first kappa shape index (κ1) is 37.3. The Morgan fingerprint density at radius 1 is 0.722 bits per heavy atom. The average Bonchev–Trinajstić information content (AvgIpc) is 1.41. The van der Waals surface area contributed by atoms with Crippen LogP contribution in [0.3, 0.4) is 0 Å². The second-order valence-corrected chi connectivity index (χ2v) is 3.85. The Hall–Kier alpha value is 2.84. The van der Waals surface area contributed by atoms with E-state index < -0.39 is 31.2 Å². The molecule has 12 nitrogen and oxygen atoms in total. The van der Waals surface area contributed by atoms with Crippen molar-refractivity contribution in [2.24, 2.45) is 0 Å². The van der Waals surface area contributed by atoms with E-state index in [1.165, 1.54) is 0 Å². The molecule has 0 atom stereocenters. The minimum Gasteiger partial charge on any atom is -0.759 e. The van der Waals surface area contributed by atoms with Crippen LogP contribution in [0.15, 0.2) is 0 Å². The molecule has 0 aliphatic heterocycles.